The van der Waals surface area contributed by atoms with Gasteiger partial charge in [0.25, 0.3) is 5.91 Å². The topological polar surface area (TPSA) is 88.2 Å². The number of fused-ring (bicyclic) bond motifs is 1. The Hall–Kier alpha value is -2.84. The molecular formula is C25H21B6N3O5. The number of nitrogens with zero attached hydrogens (tertiary/aromatic N) is 2. The minimum Gasteiger partial charge on any atom is -0.489 e. The average Bonchev–Trinajstić information content (AvgIpc) is 3.21. The number of imide groups is 1. The molecule has 3 amide bonds. The molecule has 12 radical (unpaired) electrons. The number of piperidine rings is 1. The summed E-state index contributed by atoms with van der Waals surface area (Å²) in [6.07, 6.45) is 0.482. The Morgan fingerprint density at radius 3 is 2.36 bits per heavy atom. The second-order valence-electron chi connectivity index (χ2n) is 10.3. The summed E-state index contributed by atoms with van der Waals surface area (Å²) in [5.41, 5.74) is 2.83. The van der Waals surface area contributed by atoms with Gasteiger partial charge in [-0.1, -0.05) is 30.3 Å². The summed E-state index contributed by atoms with van der Waals surface area (Å²) in [6, 6.07) is 11.9. The Bertz CT molecular complexity index is 1320. The number of amides is 3. The molecule has 2 saturated heterocycles. The number of morpholine rings is 1. The number of benzene rings is 2. The van der Waals surface area contributed by atoms with Crippen molar-refractivity contribution in [1.82, 2.24) is 15.1 Å². The van der Waals surface area contributed by atoms with Crippen LogP contribution in [-0.4, -0.2) is 103 Å². The van der Waals surface area contributed by atoms with E-state index in [-0.39, 0.29) is 44.5 Å². The molecule has 2 fully saturated rings. The first-order valence-corrected chi connectivity index (χ1v) is 12.4. The van der Waals surface area contributed by atoms with Gasteiger partial charge in [-0.15, -0.1) is 0 Å². The maximum atomic E-state index is 13.0. The molecule has 39 heavy (non-hydrogen) atoms. The van der Waals surface area contributed by atoms with Crippen LogP contribution in [0.4, 0.5) is 0 Å². The van der Waals surface area contributed by atoms with E-state index in [0.29, 0.717) is 23.3 Å². The molecule has 5 rings (SSSR count). The van der Waals surface area contributed by atoms with E-state index in [9.17, 15) is 14.4 Å². The molecule has 0 spiro atoms. The molecule has 0 aliphatic carbocycles. The van der Waals surface area contributed by atoms with Crippen molar-refractivity contribution in [2.45, 2.75) is 54.7 Å². The summed E-state index contributed by atoms with van der Waals surface area (Å²) in [6.45, 7) is 0.432. The fourth-order valence-electron chi connectivity index (χ4n) is 5.04. The number of hydrogen-bond donors (Lipinski definition) is 1. The predicted octanol–water partition coefficient (Wildman–Crippen LogP) is -1.17. The molecule has 2 aromatic rings. The zero-order valence-corrected chi connectivity index (χ0v) is 21.3. The number of nitrogens with one attached hydrogen (secondary N) is 1. The van der Waals surface area contributed by atoms with Crippen LogP contribution in [0.1, 0.15) is 39.9 Å². The molecule has 8 nitrogen and oxygen atoms in total. The van der Waals surface area contributed by atoms with Gasteiger partial charge in [0, 0.05) is 30.7 Å². The zero-order valence-electron chi connectivity index (χ0n) is 21.3. The van der Waals surface area contributed by atoms with Crippen molar-refractivity contribution in [1.29, 1.82) is 0 Å². The highest BCUT2D eigenvalue weighted by molar-refractivity contribution is 6.55. The molecule has 1 atom stereocenters. The second-order valence-corrected chi connectivity index (χ2v) is 10.3. The zero-order chi connectivity index (χ0) is 28.2. The third kappa shape index (κ3) is 5.09. The quantitative estimate of drug-likeness (QED) is 0.391. The molecule has 3 aliphatic heterocycles. The number of carbonyl (C=O) groups is 3. The highest BCUT2D eigenvalue weighted by Gasteiger charge is 2.49. The van der Waals surface area contributed by atoms with Crippen molar-refractivity contribution >= 4 is 64.8 Å². The van der Waals surface area contributed by atoms with E-state index >= 15 is 0 Å². The van der Waals surface area contributed by atoms with Gasteiger partial charge in [0.15, 0.2) is 0 Å². The minimum atomic E-state index is -1.87. The molecule has 184 valence electrons. The van der Waals surface area contributed by atoms with Crippen LogP contribution in [0.2, 0.25) is 0 Å². The summed E-state index contributed by atoms with van der Waals surface area (Å²) >= 11 is 0. The molecule has 1 N–H and O–H groups in total. The monoisotopic (exact) mass is 509 g/mol. The SMILES string of the molecule is [B]C1([B])COC([B])([B])C([B])([B])N1Cc1ccc(COc2cccc3c2CN(C2CCC(=O)NC2=O)C3=O)cc1. The van der Waals surface area contributed by atoms with E-state index in [0.717, 1.165) is 11.1 Å². The summed E-state index contributed by atoms with van der Waals surface area (Å²) in [7, 11) is 36.5. The lowest BCUT2D eigenvalue weighted by atomic mass is 9.36. The molecule has 0 aromatic heterocycles. The Kier molecular flexibility index (Phi) is 7.08. The Morgan fingerprint density at radius 2 is 1.67 bits per heavy atom. The molecule has 2 aromatic carbocycles. The van der Waals surface area contributed by atoms with Gasteiger partial charge in [-0.25, -0.2) is 0 Å². The number of ether oxygens (including phenoxy) is 2. The second kappa shape index (κ2) is 9.97. The van der Waals surface area contributed by atoms with Crippen molar-refractivity contribution in [2.24, 2.45) is 0 Å². The molecule has 1 unspecified atom stereocenters. The van der Waals surface area contributed by atoms with Crippen LogP contribution in [0.25, 0.3) is 0 Å². The summed E-state index contributed by atoms with van der Waals surface area (Å²) in [5, 5.41) is -2.90. The molecule has 14 heteroatoms. The van der Waals surface area contributed by atoms with Crippen molar-refractivity contribution in [2.75, 3.05) is 6.61 Å². The summed E-state index contributed by atoms with van der Waals surface area (Å²) < 4.78 is 11.4. The lowest BCUT2D eigenvalue weighted by molar-refractivity contribution is -0.136. The van der Waals surface area contributed by atoms with Crippen LogP contribution in [0.15, 0.2) is 42.5 Å². The number of hydrogen-bond acceptors (Lipinski definition) is 6. The minimum absolute atomic E-state index is 0.158. The number of rotatable bonds is 6. The van der Waals surface area contributed by atoms with Gasteiger partial charge in [-0.05, 0) is 45.8 Å². The molecular weight excluding hydrogens is 487 g/mol. The van der Waals surface area contributed by atoms with Gasteiger partial charge < -0.3 is 19.3 Å². The van der Waals surface area contributed by atoms with Crippen LogP contribution in [0.3, 0.4) is 0 Å². The lowest BCUT2D eigenvalue weighted by Gasteiger charge is -2.63. The van der Waals surface area contributed by atoms with Crippen LogP contribution < -0.4 is 10.1 Å². The number of carbonyl (C=O) groups excluding carboxylic acids is 3. The average molecular weight is 508 g/mol. The van der Waals surface area contributed by atoms with Crippen molar-refractivity contribution in [3.05, 3.63) is 64.7 Å². The Labute approximate surface area is 235 Å². The summed E-state index contributed by atoms with van der Waals surface area (Å²) in [5.74, 6) is -0.507. The third-order valence-corrected chi connectivity index (χ3v) is 7.41. The van der Waals surface area contributed by atoms with Crippen LogP contribution in [-0.2, 0) is 34.0 Å². The van der Waals surface area contributed by atoms with Gasteiger partial charge >= 0.3 is 0 Å². The van der Waals surface area contributed by atoms with Crippen LogP contribution in [0.5, 0.6) is 5.75 Å². The Morgan fingerprint density at radius 1 is 0.974 bits per heavy atom. The Balaban J connectivity index is 1.26. The normalized spacial score (nSPS) is 23.7. The van der Waals surface area contributed by atoms with Crippen molar-refractivity contribution in [3.8, 4) is 5.75 Å². The molecule has 0 saturated carbocycles. The molecule has 3 aliphatic rings. The van der Waals surface area contributed by atoms with Crippen molar-refractivity contribution < 1.29 is 23.9 Å². The maximum absolute atomic E-state index is 13.0. The lowest BCUT2D eigenvalue weighted by Crippen LogP contribution is -2.78. The van der Waals surface area contributed by atoms with Crippen molar-refractivity contribution in [3.63, 3.8) is 0 Å². The summed E-state index contributed by atoms with van der Waals surface area (Å²) in [4.78, 5) is 39.8. The molecule has 0 bridgehead atoms. The van der Waals surface area contributed by atoms with Gasteiger partial charge in [-0.3, -0.25) is 19.7 Å². The molecule has 3 heterocycles. The first kappa shape index (κ1) is 27.7. The van der Waals surface area contributed by atoms with Gasteiger partial charge in [0.2, 0.25) is 11.8 Å². The van der Waals surface area contributed by atoms with Gasteiger partial charge in [-0.2, -0.15) is 0 Å². The predicted molar refractivity (Wildman–Crippen MR) is 147 cm³/mol. The third-order valence-electron chi connectivity index (χ3n) is 7.41. The van der Waals surface area contributed by atoms with E-state index in [4.69, 9.17) is 56.6 Å². The first-order chi connectivity index (χ1) is 18.3. The fraction of sp³-hybridized carbons (Fsp3) is 0.400. The highest BCUT2D eigenvalue weighted by Crippen LogP contribution is 2.35. The van der Waals surface area contributed by atoms with Gasteiger partial charge in [0.05, 0.1) is 53.6 Å². The van der Waals surface area contributed by atoms with E-state index in [1.54, 1.807) is 18.2 Å². The maximum Gasteiger partial charge on any atom is 0.255 e. The standard InChI is InChI=1S/C25H21B6N3O5/c26-23(27)13-39-25(30,31)24(28,29)34(23)10-14-4-6-15(7-5-14)12-38-19-3-1-2-16-17(19)11-33(22(16)37)18-8-9-20(35)32-21(18)36/h1-7,18H,8-13H2,(H,32,35,36). The van der Waals surface area contributed by atoms with E-state index in [1.165, 1.54) is 9.80 Å². The highest BCUT2D eigenvalue weighted by atomic mass is 16.5. The van der Waals surface area contributed by atoms with Gasteiger partial charge in [0.1, 0.15) is 18.4 Å². The first-order valence-electron chi connectivity index (χ1n) is 12.4. The largest absolute Gasteiger partial charge is 0.489 e. The fourth-order valence-corrected chi connectivity index (χ4v) is 5.04. The van der Waals surface area contributed by atoms with E-state index < -0.39 is 28.0 Å². The van der Waals surface area contributed by atoms with Crippen LogP contribution >= 0.6 is 0 Å². The van der Waals surface area contributed by atoms with E-state index in [1.807, 2.05) is 24.3 Å². The van der Waals surface area contributed by atoms with Crippen LogP contribution in [0, 0.1) is 0 Å². The van der Waals surface area contributed by atoms with E-state index in [2.05, 4.69) is 5.32 Å². The smallest absolute Gasteiger partial charge is 0.255 e.